The standard InChI is InChI=1S/C20H18ClN5O4S/c21-16-5-7-17(8-6-16)31-12-14-1-3-15(4-2-14)20(28)24-23-19(27)9-10-25-11-18(22-13-25)26(29)30/h1-8,11,13H,9-10,12H2,(H,23,27)(H,24,28). The number of aryl methyl sites for hydroxylation is 1. The fourth-order valence-corrected chi connectivity index (χ4v) is 3.49. The molecule has 0 aliphatic heterocycles. The van der Waals surface area contributed by atoms with E-state index in [-0.39, 0.29) is 18.8 Å². The predicted octanol–water partition coefficient (Wildman–Crippen LogP) is 3.59. The number of carbonyl (C=O) groups is 2. The summed E-state index contributed by atoms with van der Waals surface area (Å²) >= 11 is 7.54. The van der Waals surface area contributed by atoms with Gasteiger partial charge in [-0.2, -0.15) is 0 Å². The number of halogens is 1. The molecule has 31 heavy (non-hydrogen) atoms. The second-order valence-corrected chi connectivity index (χ2v) is 7.90. The fourth-order valence-electron chi connectivity index (χ4n) is 2.51. The summed E-state index contributed by atoms with van der Waals surface area (Å²) < 4.78 is 1.43. The Bertz CT molecular complexity index is 1070. The second-order valence-electron chi connectivity index (χ2n) is 6.42. The molecule has 160 valence electrons. The SMILES string of the molecule is O=C(CCn1cnc([N+](=O)[O-])c1)NNC(=O)c1ccc(CSc2ccc(Cl)cc2)cc1. The van der Waals surface area contributed by atoms with Gasteiger partial charge in [-0.3, -0.25) is 20.4 Å². The summed E-state index contributed by atoms with van der Waals surface area (Å²) in [7, 11) is 0. The monoisotopic (exact) mass is 459 g/mol. The van der Waals surface area contributed by atoms with Crippen LogP contribution in [0.3, 0.4) is 0 Å². The van der Waals surface area contributed by atoms with Gasteiger partial charge in [-0.1, -0.05) is 23.7 Å². The van der Waals surface area contributed by atoms with Crippen LogP contribution in [0.1, 0.15) is 22.3 Å². The largest absolute Gasteiger partial charge is 0.381 e. The third-order valence-corrected chi connectivity index (χ3v) is 5.49. The van der Waals surface area contributed by atoms with Crippen molar-refractivity contribution in [1.29, 1.82) is 0 Å². The number of hydrogen-bond acceptors (Lipinski definition) is 6. The highest BCUT2D eigenvalue weighted by molar-refractivity contribution is 7.98. The van der Waals surface area contributed by atoms with Crippen molar-refractivity contribution in [2.75, 3.05) is 0 Å². The molecule has 0 atom stereocenters. The van der Waals surface area contributed by atoms with Crippen molar-refractivity contribution in [3.63, 3.8) is 0 Å². The van der Waals surface area contributed by atoms with Gasteiger partial charge in [-0.25, -0.2) is 0 Å². The van der Waals surface area contributed by atoms with Crippen LogP contribution < -0.4 is 10.9 Å². The molecule has 2 amide bonds. The second kappa shape index (κ2) is 10.6. The normalized spacial score (nSPS) is 10.5. The number of benzene rings is 2. The minimum atomic E-state index is -0.613. The molecule has 0 aliphatic rings. The molecule has 11 heteroatoms. The van der Waals surface area contributed by atoms with Gasteiger partial charge < -0.3 is 14.7 Å². The summed E-state index contributed by atoms with van der Waals surface area (Å²) in [6.07, 6.45) is 2.53. The third kappa shape index (κ3) is 6.83. The number of hydrogen-bond donors (Lipinski definition) is 2. The molecule has 1 aromatic heterocycles. The van der Waals surface area contributed by atoms with Gasteiger partial charge in [-0.05, 0) is 51.9 Å². The van der Waals surface area contributed by atoms with E-state index >= 15 is 0 Å². The van der Waals surface area contributed by atoms with E-state index in [4.69, 9.17) is 11.6 Å². The number of imidazole rings is 1. The van der Waals surface area contributed by atoms with Gasteiger partial charge in [0.2, 0.25) is 12.2 Å². The molecular weight excluding hydrogens is 442 g/mol. The molecule has 0 spiro atoms. The van der Waals surface area contributed by atoms with Crippen LogP contribution in [0.15, 0.2) is 66.0 Å². The van der Waals surface area contributed by atoms with E-state index in [1.807, 2.05) is 36.4 Å². The molecule has 0 unspecified atom stereocenters. The van der Waals surface area contributed by atoms with Crippen molar-refractivity contribution in [2.24, 2.45) is 0 Å². The molecule has 2 aromatic carbocycles. The molecule has 3 aromatic rings. The zero-order valence-electron chi connectivity index (χ0n) is 16.2. The molecule has 0 aliphatic carbocycles. The van der Waals surface area contributed by atoms with Crippen LogP contribution in [-0.2, 0) is 17.1 Å². The quantitative estimate of drug-likeness (QED) is 0.302. The van der Waals surface area contributed by atoms with Crippen LogP contribution in [0.2, 0.25) is 5.02 Å². The first-order chi connectivity index (χ1) is 14.9. The Hall–Kier alpha value is -3.37. The average Bonchev–Trinajstić information content (AvgIpc) is 3.25. The van der Waals surface area contributed by atoms with E-state index in [1.54, 1.807) is 23.9 Å². The van der Waals surface area contributed by atoms with Crippen molar-refractivity contribution in [1.82, 2.24) is 20.4 Å². The lowest BCUT2D eigenvalue weighted by atomic mass is 10.1. The van der Waals surface area contributed by atoms with Crippen molar-refractivity contribution in [2.45, 2.75) is 23.6 Å². The summed E-state index contributed by atoms with van der Waals surface area (Å²) in [5, 5.41) is 11.3. The Kier molecular flexibility index (Phi) is 7.63. The number of rotatable bonds is 8. The molecule has 0 bridgehead atoms. The van der Waals surface area contributed by atoms with Gasteiger partial charge in [-0.15, -0.1) is 11.8 Å². The number of hydrazine groups is 1. The fraction of sp³-hybridized carbons (Fsp3) is 0.150. The highest BCUT2D eigenvalue weighted by atomic mass is 35.5. The summed E-state index contributed by atoms with van der Waals surface area (Å²) in [5.74, 6) is -0.417. The Balaban J connectivity index is 1.41. The van der Waals surface area contributed by atoms with E-state index in [1.165, 1.54) is 17.1 Å². The lowest BCUT2D eigenvalue weighted by Crippen LogP contribution is -2.41. The van der Waals surface area contributed by atoms with E-state index in [0.29, 0.717) is 10.6 Å². The molecule has 3 rings (SSSR count). The van der Waals surface area contributed by atoms with Gasteiger partial charge in [0.25, 0.3) is 5.91 Å². The maximum absolute atomic E-state index is 12.2. The van der Waals surface area contributed by atoms with Crippen LogP contribution >= 0.6 is 23.4 Å². The summed E-state index contributed by atoms with van der Waals surface area (Å²) in [4.78, 5) is 38.8. The Labute approximate surface area is 186 Å². The molecule has 0 saturated heterocycles. The maximum Gasteiger partial charge on any atom is 0.381 e. The molecule has 1 heterocycles. The van der Waals surface area contributed by atoms with Crippen LogP contribution in [0.25, 0.3) is 0 Å². The first kappa shape index (κ1) is 22.3. The minimum Gasteiger partial charge on any atom is -0.358 e. The number of nitrogens with zero attached hydrogens (tertiary/aromatic N) is 3. The lowest BCUT2D eigenvalue weighted by molar-refractivity contribution is -0.389. The Morgan fingerprint density at radius 1 is 1.10 bits per heavy atom. The highest BCUT2D eigenvalue weighted by Gasteiger charge is 2.11. The maximum atomic E-state index is 12.2. The summed E-state index contributed by atoms with van der Waals surface area (Å²) in [6, 6.07) is 14.7. The third-order valence-electron chi connectivity index (χ3n) is 4.15. The van der Waals surface area contributed by atoms with E-state index < -0.39 is 16.7 Å². The molecule has 0 radical (unpaired) electrons. The van der Waals surface area contributed by atoms with E-state index in [0.717, 1.165) is 16.2 Å². The number of carbonyl (C=O) groups excluding carboxylic acids is 2. The smallest absolute Gasteiger partial charge is 0.358 e. The zero-order valence-corrected chi connectivity index (χ0v) is 17.7. The van der Waals surface area contributed by atoms with E-state index in [2.05, 4.69) is 15.8 Å². The zero-order chi connectivity index (χ0) is 22.2. The molecule has 0 saturated carbocycles. The van der Waals surface area contributed by atoms with Crippen LogP contribution in [0.4, 0.5) is 5.82 Å². The van der Waals surface area contributed by atoms with Crippen molar-refractivity contribution < 1.29 is 14.5 Å². The van der Waals surface area contributed by atoms with Crippen molar-refractivity contribution >= 4 is 41.0 Å². The number of thioether (sulfide) groups is 1. The van der Waals surface area contributed by atoms with Gasteiger partial charge in [0.05, 0.1) is 0 Å². The first-order valence-electron chi connectivity index (χ1n) is 9.13. The predicted molar refractivity (Wildman–Crippen MR) is 117 cm³/mol. The number of aromatic nitrogens is 2. The molecular formula is C20H18ClN5O4S. The lowest BCUT2D eigenvalue weighted by Gasteiger charge is -2.08. The first-order valence-corrected chi connectivity index (χ1v) is 10.5. The molecule has 2 N–H and O–H groups in total. The van der Waals surface area contributed by atoms with Crippen molar-refractivity contribution in [3.05, 3.63) is 87.3 Å². The van der Waals surface area contributed by atoms with Gasteiger partial charge >= 0.3 is 5.82 Å². The van der Waals surface area contributed by atoms with Crippen molar-refractivity contribution in [3.8, 4) is 0 Å². The summed E-state index contributed by atoms with van der Waals surface area (Å²) in [5.41, 5.74) is 6.14. The minimum absolute atomic E-state index is 0.0225. The van der Waals surface area contributed by atoms with Gasteiger partial charge in [0.15, 0.2) is 0 Å². The van der Waals surface area contributed by atoms with E-state index in [9.17, 15) is 19.7 Å². The topological polar surface area (TPSA) is 119 Å². The summed E-state index contributed by atoms with van der Waals surface area (Å²) in [6.45, 7) is 0.197. The molecule has 9 nitrogen and oxygen atoms in total. The molecule has 0 fully saturated rings. The Morgan fingerprint density at radius 3 is 2.45 bits per heavy atom. The number of nitrogens with one attached hydrogen (secondary N) is 2. The highest BCUT2D eigenvalue weighted by Crippen LogP contribution is 2.24. The van der Waals surface area contributed by atoms with Crippen LogP contribution in [-0.4, -0.2) is 26.3 Å². The van der Waals surface area contributed by atoms with Gasteiger partial charge in [0, 0.05) is 34.2 Å². The number of amides is 2. The average molecular weight is 460 g/mol. The Morgan fingerprint density at radius 2 is 1.81 bits per heavy atom. The van der Waals surface area contributed by atoms with Crippen LogP contribution in [0, 0.1) is 10.1 Å². The van der Waals surface area contributed by atoms with Crippen LogP contribution in [0.5, 0.6) is 0 Å². The number of nitro groups is 1. The van der Waals surface area contributed by atoms with Gasteiger partial charge in [0.1, 0.15) is 6.20 Å².